The summed E-state index contributed by atoms with van der Waals surface area (Å²) in [4.78, 5) is 38.1. The Morgan fingerprint density at radius 2 is 1.89 bits per heavy atom. The number of aliphatic carboxylic acids is 1. The number of hydrogen-bond donors (Lipinski definition) is 2. The van der Waals surface area contributed by atoms with Gasteiger partial charge in [0.1, 0.15) is 11.9 Å². The Bertz CT molecular complexity index is 1080. The molecule has 0 aromatic carbocycles. The van der Waals surface area contributed by atoms with E-state index in [1.165, 1.54) is 19.1 Å². The minimum atomic E-state index is -2.34. The molecule has 0 bridgehead atoms. The molecule has 2 saturated carbocycles. The molecule has 4 aliphatic rings. The van der Waals surface area contributed by atoms with Crippen molar-refractivity contribution >= 4 is 17.9 Å². The van der Waals surface area contributed by atoms with Crippen molar-refractivity contribution in [1.29, 1.82) is 0 Å². The molecule has 0 aliphatic heterocycles. The van der Waals surface area contributed by atoms with Crippen molar-refractivity contribution < 1.29 is 42.9 Å². The van der Waals surface area contributed by atoms with Crippen LogP contribution in [-0.2, 0) is 19.1 Å². The fourth-order valence-electron chi connectivity index (χ4n) is 8.31. The first-order valence-electron chi connectivity index (χ1n) is 13.7. The Morgan fingerprint density at radius 1 is 1.24 bits per heavy atom. The number of aliphatic hydroxyl groups is 1. The molecule has 4 aliphatic carbocycles. The number of carbonyl (C=O) groups excluding carboxylic acids is 2. The van der Waals surface area contributed by atoms with Gasteiger partial charge in [0.15, 0.2) is 11.5 Å². The number of ketones is 1. The van der Waals surface area contributed by atoms with Gasteiger partial charge in [-0.25, -0.2) is 18.4 Å². The predicted octanol–water partition coefficient (Wildman–Crippen LogP) is 5.70. The highest BCUT2D eigenvalue weighted by atomic mass is 19.1. The van der Waals surface area contributed by atoms with Crippen LogP contribution in [0.4, 0.5) is 13.6 Å². The summed E-state index contributed by atoms with van der Waals surface area (Å²) in [5.74, 6) is -4.91. The Hall–Kier alpha value is -2.29. The molecule has 9 atom stereocenters. The number of carbonyl (C=O) groups is 3. The number of hydrogen-bond acceptors (Lipinski definition) is 6. The van der Waals surface area contributed by atoms with Gasteiger partial charge in [0.25, 0.3) is 0 Å². The third-order valence-electron chi connectivity index (χ3n) is 10.3. The summed E-state index contributed by atoms with van der Waals surface area (Å²) in [6.07, 6.45) is -0.132. The van der Waals surface area contributed by atoms with Crippen molar-refractivity contribution in [3.05, 3.63) is 23.6 Å². The summed E-state index contributed by atoms with van der Waals surface area (Å²) in [6, 6.07) is 0. The second-order valence-electron chi connectivity index (χ2n) is 12.6. The van der Waals surface area contributed by atoms with Gasteiger partial charge in [0.2, 0.25) is 5.60 Å². The first kappa shape index (κ1) is 28.7. The van der Waals surface area contributed by atoms with Crippen LogP contribution in [0.2, 0.25) is 0 Å². The van der Waals surface area contributed by atoms with Crippen LogP contribution in [-0.4, -0.2) is 51.6 Å². The monoisotopic (exact) mass is 538 g/mol. The Balaban J connectivity index is 1.76. The molecular weight excluding hydrogens is 498 g/mol. The Labute approximate surface area is 222 Å². The normalized spacial score (nSPS) is 42.8. The van der Waals surface area contributed by atoms with Crippen LogP contribution in [0.5, 0.6) is 0 Å². The molecule has 0 spiro atoms. The molecule has 0 radical (unpaired) electrons. The number of rotatable bonds is 6. The summed E-state index contributed by atoms with van der Waals surface area (Å²) in [7, 11) is 0. The van der Waals surface area contributed by atoms with Crippen LogP contribution in [0.3, 0.4) is 0 Å². The molecule has 0 heterocycles. The van der Waals surface area contributed by atoms with Gasteiger partial charge >= 0.3 is 12.1 Å². The lowest BCUT2D eigenvalue weighted by Crippen LogP contribution is -2.69. The first-order chi connectivity index (χ1) is 17.6. The predicted molar refractivity (Wildman–Crippen MR) is 134 cm³/mol. The van der Waals surface area contributed by atoms with Crippen molar-refractivity contribution in [3.63, 3.8) is 0 Å². The lowest BCUT2D eigenvalue weighted by Gasteiger charge is -2.61. The largest absolute Gasteiger partial charge is 0.509 e. The van der Waals surface area contributed by atoms with Crippen LogP contribution >= 0.6 is 0 Å². The number of halogens is 2. The molecule has 212 valence electrons. The van der Waals surface area contributed by atoms with Crippen LogP contribution in [0.1, 0.15) is 80.1 Å². The number of alkyl halides is 1. The van der Waals surface area contributed by atoms with E-state index in [2.05, 4.69) is 0 Å². The zero-order valence-electron chi connectivity index (χ0n) is 23.1. The molecule has 9 heteroatoms. The Morgan fingerprint density at radius 3 is 2.47 bits per heavy atom. The molecule has 0 aromatic rings. The number of carboxylic acid groups (broad SMARTS) is 1. The van der Waals surface area contributed by atoms with Crippen molar-refractivity contribution in [2.45, 2.75) is 104 Å². The number of fused-ring (bicyclic) bond motifs is 5. The fourth-order valence-corrected chi connectivity index (χ4v) is 8.31. The molecule has 2 fully saturated rings. The summed E-state index contributed by atoms with van der Waals surface area (Å²) in [6.45, 7) is 10.4. The van der Waals surface area contributed by atoms with E-state index in [-0.39, 0.29) is 43.0 Å². The third-order valence-corrected chi connectivity index (χ3v) is 10.3. The topological polar surface area (TPSA) is 110 Å². The van der Waals surface area contributed by atoms with Gasteiger partial charge in [-0.15, -0.1) is 0 Å². The van der Waals surface area contributed by atoms with Crippen LogP contribution in [0, 0.1) is 34.5 Å². The minimum absolute atomic E-state index is 0.0151. The zero-order valence-corrected chi connectivity index (χ0v) is 23.1. The SMILES string of the molecule is CCCC(OC(=O)O[C@]1(C(=O)O)[C@H](C)C[C@H]2[C@@H]3CC(F)=C4CC(=O)C=C[C@]4(C)[C@@]3(F)[C@@H](O)C[C@@]21C)C(C)C. The van der Waals surface area contributed by atoms with Crippen LogP contribution in [0.15, 0.2) is 23.6 Å². The number of carboxylic acids is 1. The molecule has 0 aromatic heterocycles. The molecule has 0 amide bonds. The van der Waals surface area contributed by atoms with Gasteiger partial charge in [0, 0.05) is 35.5 Å². The lowest BCUT2D eigenvalue weighted by atomic mass is 9.45. The van der Waals surface area contributed by atoms with Gasteiger partial charge < -0.3 is 19.7 Å². The quantitative estimate of drug-likeness (QED) is 0.417. The fraction of sp³-hybridized carbons (Fsp3) is 0.759. The average Bonchev–Trinajstić information content (AvgIpc) is 3.04. The molecule has 2 N–H and O–H groups in total. The smallest absolute Gasteiger partial charge is 0.478 e. The third kappa shape index (κ3) is 3.70. The summed E-state index contributed by atoms with van der Waals surface area (Å²) in [5.41, 5.74) is -7.37. The standard InChI is InChI=1S/C29H40F2O7/c1-7-8-22(15(2)3)37-25(36)38-29(24(34)35)16(4)11-18-19-13-21(30)20-12-17(32)9-10-26(20,5)28(19,31)23(33)14-27(18,29)6/h9-10,15-16,18-19,22-23,33H,7-8,11-14H2,1-6H3,(H,34,35)/t16-,18+,19+,22?,23+,26+,27+,28+,29+/m1/s1. The second kappa shape index (κ2) is 9.42. The summed E-state index contributed by atoms with van der Waals surface area (Å²) < 4.78 is 44.2. The lowest BCUT2D eigenvalue weighted by molar-refractivity contribution is -0.227. The van der Waals surface area contributed by atoms with Crippen molar-refractivity contribution in [1.82, 2.24) is 0 Å². The van der Waals surface area contributed by atoms with Gasteiger partial charge in [-0.05, 0) is 49.7 Å². The molecule has 7 nitrogen and oxygen atoms in total. The molecule has 1 unspecified atom stereocenters. The second-order valence-corrected chi connectivity index (χ2v) is 12.6. The Kier molecular flexibility index (Phi) is 7.12. The van der Waals surface area contributed by atoms with E-state index in [0.717, 1.165) is 6.42 Å². The maximum absolute atomic E-state index is 17.3. The van der Waals surface area contributed by atoms with E-state index < -0.39 is 70.0 Å². The van der Waals surface area contributed by atoms with E-state index in [1.807, 2.05) is 20.8 Å². The maximum Gasteiger partial charge on any atom is 0.509 e. The minimum Gasteiger partial charge on any atom is -0.478 e. The van der Waals surface area contributed by atoms with Gasteiger partial charge in [-0.1, -0.05) is 47.1 Å². The number of ether oxygens (including phenoxy) is 2. The van der Waals surface area contributed by atoms with Crippen molar-refractivity contribution in [3.8, 4) is 0 Å². The molecule has 0 saturated heterocycles. The van der Waals surface area contributed by atoms with E-state index >= 15 is 8.78 Å². The number of allylic oxidation sites excluding steroid dienone is 4. The van der Waals surface area contributed by atoms with Crippen molar-refractivity contribution in [2.75, 3.05) is 0 Å². The van der Waals surface area contributed by atoms with Gasteiger partial charge in [0.05, 0.1) is 6.10 Å². The van der Waals surface area contributed by atoms with Crippen LogP contribution < -0.4 is 0 Å². The van der Waals surface area contributed by atoms with E-state index in [1.54, 1.807) is 13.8 Å². The molecule has 38 heavy (non-hydrogen) atoms. The zero-order chi connectivity index (χ0) is 28.4. The van der Waals surface area contributed by atoms with E-state index in [0.29, 0.717) is 6.42 Å². The number of aliphatic hydroxyl groups excluding tert-OH is 1. The van der Waals surface area contributed by atoms with E-state index in [4.69, 9.17) is 9.47 Å². The highest BCUT2D eigenvalue weighted by molar-refractivity contribution is 5.93. The highest BCUT2D eigenvalue weighted by Crippen LogP contribution is 2.71. The van der Waals surface area contributed by atoms with Crippen molar-refractivity contribution in [2.24, 2.45) is 34.5 Å². The van der Waals surface area contributed by atoms with Gasteiger partial charge in [-0.2, -0.15) is 0 Å². The average molecular weight is 539 g/mol. The molecule has 4 rings (SSSR count). The van der Waals surface area contributed by atoms with Crippen LogP contribution in [0.25, 0.3) is 0 Å². The summed E-state index contributed by atoms with van der Waals surface area (Å²) >= 11 is 0. The van der Waals surface area contributed by atoms with E-state index in [9.17, 15) is 24.6 Å². The van der Waals surface area contributed by atoms with Gasteiger partial charge in [-0.3, -0.25) is 4.79 Å². The first-order valence-corrected chi connectivity index (χ1v) is 13.7. The maximum atomic E-state index is 17.3. The molecular formula is C29H40F2O7. The summed E-state index contributed by atoms with van der Waals surface area (Å²) in [5, 5.41) is 22.0. The highest BCUT2D eigenvalue weighted by Gasteiger charge is 2.78.